The van der Waals surface area contributed by atoms with Gasteiger partial charge in [-0.25, -0.2) is 9.50 Å². The predicted octanol–water partition coefficient (Wildman–Crippen LogP) is 2.73. The molecule has 3 aromatic heterocycles. The summed E-state index contributed by atoms with van der Waals surface area (Å²) in [4.78, 5) is 11.0. The number of rotatable bonds is 4. The Morgan fingerprint density at radius 2 is 2.12 bits per heavy atom. The summed E-state index contributed by atoms with van der Waals surface area (Å²) in [5.41, 5.74) is 2.09. The number of anilines is 1. The van der Waals surface area contributed by atoms with Gasteiger partial charge in [0, 0.05) is 43.8 Å². The van der Waals surface area contributed by atoms with Crippen LogP contribution in [0.3, 0.4) is 0 Å². The summed E-state index contributed by atoms with van der Waals surface area (Å²) in [6, 6.07) is 5.90. The first kappa shape index (κ1) is 14.9. The molecule has 24 heavy (non-hydrogen) atoms. The number of fused-ring (bicyclic) bond motifs is 1. The maximum Gasteiger partial charge on any atom is 0.154 e. The molecule has 0 bridgehead atoms. The Bertz CT molecular complexity index is 817. The van der Waals surface area contributed by atoms with Crippen LogP contribution in [0.2, 0.25) is 0 Å². The Hall–Kier alpha value is -2.63. The van der Waals surface area contributed by atoms with E-state index in [1.807, 2.05) is 36.0 Å². The Morgan fingerprint density at radius 3 is 3.00 bits per heavy atom. The van der Waals surface area contributed by atoms with Crippen LogP contribution in [-0.4, -0.2) is 39.3 Å². The molecule has 124 valence electrons. The molecule has 1 aliphatic rings. The van der Waals surface area contributed by atoms with Crippen molar-refractivity contribution in [3.05, 3.63) is 48.7 Å². The zero-order valence-electron chi connectivity index (χ0n) is 13.8. The van der Waals surface area contributed by atoms with Crippen LogP contribution < -0.4 is 9.64 Å². The average Bonchev–Trinajstić information content (AvgIpc) is 3.01. The van der Waals surface area contributed by atoms with E-state index < -0.39 is 0 Å². The van der Waals surface area contributed by atoms with Gasteiger partial charge < -0.3 is 9.64 Å². The second-order valence-electron chi connectivity index (χ2n) is 6.31. The molecular formula is C18H21N5O. The molecule has 0 aliphatic carbocycles. The van der Waals surface area contributed by atoms with Crippen molar-refractivity contribution >= 4 is 11.3 Å². The van der Waals surface area contributed by atoms with Crippen molar-refractivity contribution in [1.29, 1.82) is 0 Å². The minimum Gasteiger partial charge on any atom is -0.493 e. The van der Waals surface area contributed by atoms with Crippen LogP contribution in [0.15, 0.2) is 43.0 Å². The molecule has 4 rings (SSSR count). The smallest absolute Gasteiger partial charge is 0.154 e. The SMILES string of the molecule is Cc1cc2c(N3CCCC(COc4ccncc4)C3)nccn2n1. The fourth-order valence-electron chi connectivity index (χ4n) is 3.32. The summed E-state index contributed by atoms with van der Waals surface area (Å²) in [6.45, 7) is 4.73. The van der Waals surface area contributed by atoms with Gasteiger partial charge in [-0.1, -0.05) is 0 Å². The fourth-order valence-corrected chi connectivity index (χ4v) is 3.32. The summed E-state index contributed by atoms with van der Waals surface area (Å²) in [7, 11) is 0. The van der Waals surface area contributed by atoms with Crippen LogP contribution in [0.4, 0.5) is 5.82 Å². The lowest BCUT2D eigenvalue weighted by Gasteiger charge is -2.33. The van der Waals surface area contributed by atoms with Crippen molar-refractivity contribution in [3.8, 4) is 5.75 Å². The lowest BCUT2D eigenvalue weighted by molar-refractivity contribution is 0.228. The van der Waals surface area contributed by atoms with Crippen LogP contribution in [0.25, 0.3) is 5.52 Å². The van der Waals surface area contributed by atoms with E-state index in [1.54, 1.807) is 12.4 Å². The Labute approximate surface area is 141 Å². The summed E-state index contributed by atoms with van der Waals surface area (Å²) in [6.07, 6.45) is 9.58. The van der Waals surface area contributed by atoms with Crippen LogP contribution in [-0.2, 0) is 0 Å². The highest BCUT2D eigenvalue weighted by atomic mass is 16.5. The zero-order valence-corrected chi connectivity index (χ0v) is 13.8. The van der Waals surface area contributed by atoms with Crippen molar-refractivity contribution in [2.24, 2.45) is 5.92 Å². The van der Waals surface area contributed by atoms with Gasteiger partial charge in [0.05, 0.1) is 12.3 Å². The molecule has 0 saturated carbocycles. The summed E-state index contributed by atoms with van der Waals surface area (Å²) < 4.78 is 7.83. The molecule has 0 N–H and O–H groups in total. The fraction of sp³-hybridized carbons (Fsp3) is 0.389. The second kappa shape index (κ2) is 6.47. The number of aromatic nitrogens is 4. The monoisotopic (exact) mass is 323 g/mol. The van der Waals surface area contributed by atoms with Gasteiger partial charge in [0.1, 0.15) is 11.3 Å². The van der Waals surface area contributed by atoms with Gasteiger partial charge in [-0.15, -0.1) is 0 Å². The van der Waals surface area contributed by atoms with Gasteiger partial charge in [-0.3, -0.25) is 4.98 Å². The van der Waals surface area contributed by atoms with E-state index in [-0.39, 0.29) is 0 Å². The molecule has 6 nitrogen and oxygen atoms in total. The molecular weight excluding hydrogens is 302 g/mol. The Kier molecular flexibility index (Phi) is 4.02. The van der Waals surface area contributed by atoms with Gasteiger partial charge >= 0.3 is 0 Å². The van der Waals surface area contributed by atoms with Crippen LogP contribution in [0.5, 0.6) is 5.75 Å². The number of ether oxygens (including phenoxy) is 1. The Balaban J connectivity index is 1.48. The van der Waals surface area contributed by atoms with Crippen molar-refractivity contribution in [2.75, 3.05) is 24.6 Å². The maximum absolute atomic E-state index is 5.92. The number of aryl methyl sites for hydroxylation is 1. The molecule has 4 heterocycles. The molecule has 0 amide bonds. The van der Waals surface area contributed by atoms with Crippen LogP contribution >= 0.6 is 0 Å². The van der Waals surface area contributed by atoms with E-state index in [0.717, 1.165) is 48.9 Å². The molecule has 1 saturated heterocycles. The van der Waals surface area contributed by atoms with E-state index >= 15 is 0 Å². The van der Waals surface area contributed by atoms with E-state index in [9.17, 15) is 0 Å². The summed E-state index contributed by atoms with van der Waals surface area (Å²) >= 11 is 0. The summed E-state index contributed by atoms with van der Waals surface area (Å²) in [5.74, 6) is 2.40. The maximum atomic E-state index is 5.92. The first-order chi connectivity index (χ1) is 11.8. The standard InChI is InChI=1S/C18H21N5O/c1-14-11-17-18(20-8-10-23(17)21-14)22-9-2-3-15(12-22)13-24-16-4-6-19-7-5-16/h4-8,10-11,15H,2-3,9,12-13H2,1H3. The molecule has 1 aliphatic heterocycles. The number of nitrogens with zero attached hydrogens (tertiary/aromatic N) is 5. The van der Waals surface area contributed by atoms with Crippen molar-refractivity contribution in [1.82, 2.24) is 19.6 Å². The molecule has 0 aromatic carbocycles. The number of hydrogen-bond acceptors (Lipinski definition) is 5. The van der Waals surface area contributed by atoms with E-state index in [1.165, 1.54) is 6.42 Å². The topological polar surface area (TPSA) is 55.5 Å². The molecule has 1 unspecified atom stereocenters. The van der Waals surface area contributed by atoms with Gasteiger partial charge in [-0.2, -0.15) is 5.10 Å². The average molecular weight is 323 g/mol. The largest absolute Gasteiger partial charge is 0.493 e. The minimum atomic E-state index is 0.498. The van der Waals surface area contributed by atoms with E-state index in [4.69, 9.17) is 4.74 Å². The zero-order chi connectivity index (χ0) is 16.4. The highest BCUT2D eigenvalue weighted by molar-refractivity contribution is 5.69. The lowest BCUT2D eigenvalue weighted by atomic mass is 9.99. The van der Waals surface area contributed by atoms with Crippen LogP contribution in [0.1, 0.15) is 18.5 Å². The molecule has 1 fully saturated rings. The first-order valence-electron chi connectivity index (χ1n) is 8.38. The highest BCUT2D eigenvalue weighted by Gasteiger charge is 2.23. The van der Waals surface area contributed by atoms with E-state index in [2.05, 4.69) is 26.0 Å². The number of hydrogen-bond donors (Lipinski definition) is 0. The Morgan fingerprint density at radius 1 is 1.25 bits per heavy atom. The van der Waals surface area contributed by atoms with Crippen molar-refractivity contribution < 1.29 is 4.74 Å². The predicted molar refractivity (Wildman–Crippen MR) is 92.4 cm³/mol. The van der Waals surface area contributed by atoms with Crippen LogP contribution in [0, 0.1) is 12.8 Å². The van der Waals surface area contributed by atoms with Gasteiger partial charge in [-0.05, 0) is 38.0 Å². The minimum absolute atomic E-state index is 0.498. The highest BCUT2D eigenvalue weighted by Crippen LogP contribution is 2.26. The first-order valence-corrected chi connectivity index (χ1v) is 8.38. The van der Waals surface area contributed by atoms with Crippen molar-refractivity contribution in [3.63, 3.8) is 0 Å². The normalized spacial score (nSPS) is 18.0. The third kappa shape index (κ3) is 3.04. The molecule has 1 atom stereocenters. The van der Waals surface area contributed by atoms with Gasteiger partial charge in [0.25, 0.3) is 0 Å². The quantitative estimate of drug-likeness (QED) is 0.739. The van der Waals surface area contributed by atoms with Gasteiger partial charge in [0.2, 0.25) is 0 Å². The summed E-state index contributed by atoms with van der Waals surface area (Å²) in [5, 5.41) is 4.48. The molecule has 3 aromatic rings. The third-order valence-corrected chi connectivity index (χ3v) is 4.45. The molecule has 6 heteroatoms. The van der Waals surface area contributed by atoms with Crippen molar-refractivity contribution in [2.45, 2.75) is 19.8 Å². The second-order valence-corrected chi connectivity index (χ2v) is 6.31. The molecule has 0 radical (unpaired) electrons. The van der Waals surface area contributed by atoms with Gasteiger partial charge in [0.15, 0.2) is 5.82 Å². The van der Waals surface area contributed by atoms with E-state index in [0.29, 0.717) is 5.92 Å². The molecule has 0 spiro atoms. The number of piperidine rings is 1. The lowest BCUT2D eigenvalue weighted by Crippen LogP contribution is -2.38. The number of pyridine rings is 1. The third-order valence-electron chi connectivity index (χ3n) is 4.45.